The van der Waals surface area contributed by atoms with Crippen LogP contribution in [0.25, 0.3) is 0 Å². The van der Waals surface area contributed by atoms with Crippen LogP contribution in [0, 0.1) is 5.92 Å². The van der Waals surface area contributed by atoms with Gasteiger partial charge < -0.3 is 9.47 Å². The van der Waals surface area contributed by atoms with Gasteiger partial charge in [0.05, 0.1) is 19.1 Å². The number of carbonyl (C=O) groups is 2. The molecule has 0 spiro atoms. The number of rotatable bonds is 5. The summed E-state index contributed by atoms with van der Waals surface area (Å²) in [4.78, 5) is 24.2. The van der Waals surface area contributed by atoms with Crippen molar-refractivity contribution in [3.05, 3.63) is 34.3 Å². The zero-order valence-corrected chi connectivity index (χ0v) is 13.1. The summed E-state index contributed by atoms with van der Waals surface area (Å²) >= 11 is 3.36. The van der Waals surface area contributed by atoms with E-state index in [9.17, 15) is 9.59 Å². The van der Waals surface area contributed by atoms with Gasteiger partial charge in [-0.05, 0) is 38.0 Å². The Bertz CT molecular complexity index is 511. The largest absolute Gasteiger partial charge is 0.466 e. The third kappa shape index (κ3) is 2.59. The molecule has 1 saturated carbocycles. The first-order valence-corrected chi connectivity index (χ1v) is 7.45. The number of esters is 2. The average molecular weight is 341 g/mol. The number of ether oxygens (including phenoxy) is 2. The summed E-state index contributed by atoms with van der Waals surface area (Å²) < 4.78 is 11.1. The molecule has 4 nitrogen and oxygen atoms in total. The van der Waals surface area contributed by atoms with Crippen molar-refractivity contribution in [2.75, 3.05) is 13.2 Å². The maximum Gasteiger partial charge on any atom is 0.317 e. The van der Waals surface area contributed by atoms with Gasteiger partial charge in [-0.15, -0.1) is 0 Å². The summed E-state index contributed by atoms with van der Waals surface area (Å²) in [5.41, 5.74) is -0.0691. The molecule has 0 bridgehead atoms. The fourth-order valence-corrected chi connectivity index (χ4v) is 2.72. The summed E-state index contributed by atoms with van der Waals surface area (Å²) in [7, 11) is 0. The summed E-state index contributed by atoms with van der Waals surface area (Å²) in [6, 6.07) is 7.41. The van der Waals surface area contributed by atoms with Gasteiger partial charge >= 0.3 is 11.9 Å². The Labute approximate surface area is 126 Å². The van der Waals surface area contributed by atoms with Crippen LogP contribution in [-0.4, -0.2) is 25.2 Å². The van der Waals surface area contributed by atoms with Crippen LogP contribution in [-0.2, 0) is 24.5 Å². The van der Waals surface area contributed by atoms with Crippen molar-refractivity contribution in [2.24, 2.45) is 5.92 Å². The maximum absolute atomic E-state index is 12.3. The third-order valence-electron chi connectivity index (χ3n) is 3.53. The van der Waals surface area contributed by atoms with Crippen LogP contribution in [0.1, 0.15) is 25.8 Å². The summed E-state index contributed by atoms with van der Waals surface area (Å²) in [6.07, 6.45) is 0.451. The fraction of sp³-hybridized carbons (Fsp3) is 0.467. The molecule has 0 heterocycles. The van der Waals surface area contributed by atoms with E-state index in [1.165, 1.54) is 0 Å². The van der Waals surface area contributed by atoms with Crippen LogP contribution in [0.15, 0.2) is 28.7 Å². The van der Waals surface area contributed by atoms with Crippen LogP contribution in [0.3, 0.4) is 0 Å². The molecule has 0 amide bonds. The van der Waals surface area contributed by atoms with E-state index in [0.717, 1.165) is 10.0 Å². The van der Waals surface area contributed by atoms with Gasteiger partial charge in [0.15, 0.2) is 0 Å². The van der Waals surface area contributed by atoms with E-state index in [-0.39, 0.29) is 11.9 Å². The zero-order valence-electron chi connectivity index (χ0n) is 11.5. The molecule has 0 aromatic heterocycles. The lowest BCUT2D eigenvalue weighted by atomic mass is 9.93. The second-order valence-corrected chi connectivity index (χ2v) is 5.62. The van der Waals surface area contributed by atoms with E-state index in [1.54, 1.807) is 13.8 Å². The first-order valence-electron chi connectivity index (χ1n) is 6.66. The molecule has 1 aromatic carbocycles. The average Bonchev–Trinajstić information content (AvgIpc) is 3.17. The second-order valence-electron chi connectivity index (χ2n) is 4.71. The van der Waals surface area contributed by atoms with Crippen molar-refractivity contribution in [2.45, 2.75) is 25.7 Å². The fourth-order valence-electron chi connectivity index (χ4n) is 2.46. The molecule has 0 saturated heterocycles. The standard InChI is InChI=1S/C15H17BrO4/c1-3-19-13(17)12-9-15(12,14(18)20-4-2)10-5-7-11(16)8-6-10/h5-8,12H,3-4,9H2,1-2H3. The number of halogens is 1. The van der Waals surface area contributed by atoms with Crippen LogP contribution >= 0.6 is 15.9 Å². The van der Waals surface area contributed by atoms with Gasteiger partial charge in [-0.25, -0.2) is 0 Å². The highest BCUT2D eigenvalue weighted by Crippen LogP contribution is 2.56. The molecule has 0 radical (unpaired) electrons. The van der Waals surface area contributed by atoms with Crippen molar-refractivity contribution in [3.63, 3.8) is 0 Å². The molecule has 0 aliphatic heterocycles. The normalized spacial score (nSPS) is 24.1. The topological polar surface area (TPSA) is 52.6 Å². The highest BCUT2D eigenvalue weighted by atomic mass is 79.9. The minimum absolute atomic E-state index is 0.298. The number of hydrogen-bond acceptors (Lipinski definition) is 4. The maximum atomic E-state index is 12.3. The molecule has 2 atom stereocenters. The SMILES string of the molecule is CCOC(=O)C1CC1(C(=O)OCC)c1ccc(Br)cc1. The molecule has 1 aromatic rings. The van der Waals surface area contributed by atoms with Gasteiger partial charge in [0.25, 0.3) is 0 Å². The molecular weight excluding hydrogens is 324 g/mol. The molecule has 1 aliphatic carbocycles. The van der Waals surface area contributed by atoms with Crippen LogP contribution in [0.4, 0.5) is 0 Å². The first kappa shape index (κ1) is 15.0. The van der Waals surface area contributed by atoms with Gasteiger partial charge in [-0.2, -0.15) is 0 Å². The van der Waals surface area contributed by atoms with Crippen molar-refractivity contribution in [1.82, 2.24) is 0 Å². The Morgan fingerprint density at radius 2 is 1.80 bits per heavy atom. The van der Waals surface area contributed by atoms with Gasteiger partial charge in [-0.3, -0.25) is 9.59 Å². The number of benzene rings is 1. The molecule has 1 fully saturated rings. The first-order chi connectivity index (χ1) is 9.56. The van der Waals surface area contributed by atoms with E-state index in [4.69, 9.17) is 9.47 Å². The molecular formula is C15H17BrO4. The Morgan fingerprint density at radius 3 is 2.35 bits per heavy atom. The molecule has 0 N–H and O–H groups in total. The van der Waals surface area contributed by atoms with Crippen molar-refractivity contribution in [1.29, 1.82) is 0 Å². The van der Waals surface area contributed by atoms with Gasteiger partial charge in [0.1, 0.15) is 5.41 Å². The predicted octanol–water partition coefficient (Wildman–Crippen LogP) is 2.83. The lowest BCUT2D eigenvalue weighted by Crippen LogP contribution is -2.28. The van der Waals surface area contributed by atoms with Crippen LogP contribution in [0.2, 0.25) is 0 Å². The Morgan fingerprint density at radius 1 is 1.20 bits per heavy atom. The van der Waals surface area contributed by atoms with Crippen molar-refractivity contribution < 1.29 is 19.1 Å². The number of carbonyl (C=O) groups excluding carboxylic acids is 2. The quantitative estimate of drug-likeness (QED) is 0.773. The van der Waals surface area contributed by atoms with Gasteiger partial charge in [0, 0.05) is 4.47 Å². The molecule has 2 rings (SSSR count). The Balaban J connectivity index is 2.30. The lowest BCUT2D eigenvalue weighted by molar-refractivity contribution is -0.152. The predicted molar refractivity (Wildman–Crippen MR) is 77.2 cm³/mol. The van der Waals surface area contributed by atoms with E-state index < -0.39 is 11.3 Å². The van der Waals surface area contributed by atoms with Crippen molar-refractivity contribution >= 4 is 27.9 Å². The second kappa shape index (κ2) is 5.95. The summed E-state index contributed by atoms with van der Waals surface area (Å²) in [6.45, 7) is 4.13. The van der Waals surface area contributed by atoms with E-state index >= 15 is 0 Å². The molecule has 108 valence electrons. The highest BCUT2D eigenvalue weighted by molar-refractivity contribution is 9.10. The summed E-state index contributed by atoms with van der Waals surface area (Å²) in [5.74, 6) is -1.12. The smallest absolute Gasteiger partial charge is 0.317 e. The highest BCUT2D eigenvalue weighted by Gasteiger charge is 2.66. The molecule has 1 aliphatic rings. The minimum atomic E-state index is -0.872. The Kier molecular flexibility index (Phi) is 4.48. The van der Waals surface area contributed by atoms with Gasteiger partial charge in [0.2, 0.25) is 0 Å². The summed E-state index contributed by atoms with van der Waals surface area (Å²) in [5, 5.41) is 0. The van der Waals surface area contributed by atoms with Crippen LogP contribution < -0.4 is 0 Å². The number of hydrogen-bond donors (Lipinski definition) is 0. The molecule has 20 heavy (non-hydrogen) atoms. The van der Waals surface area contributed by atoms with Crippen LogP contribution in [0.5, 0.6) is 0 Å². The lowest BCUT2D eigenvalue weighted by Gasteiger charge is -2.16. The minimum Gasteiger partial charge on any atom is -0.466 e. The van der Waals surface area contributed by atoms with E-state index in [2.05, 4.69) is 15.9 Å². The van der Waals surface area contributed by atoms with Gasteiger partial charge in [-0.1, -0.05) is 28.1 Å². The third-order valence-corrected chi connectivity index (χ3v) is 4.06. The van der Waals surface area contributed by atoms with E-state index in [1.807, 2.05) is 24.3 Å². The Hall–Kier alpha value is -1.36. The molecule has 5 heteroatoms. The van der Waals surface area contributed by atoms with Crippen molar-refractivity contribution in [3.8, 4) is 0 Å². The monoisotopic (exact) mass is 340 g/mol. The van der Waals surface area contributed by atoms with E-state index in [0.29, 0.717) is 19.6 Å². The molecule has 2 unspecified atom stereocenters. The zero-order chi connectivity index (χ0) is 14.8.